The summed E-state index contributed by atoms with van der Waals surface area (Å²) in [4.78, 5) is 25.9. The molecule has 0 spiro atoms. The molecule has 12 heteroatoms. The Bertz CT molecular complexity index is 305. The predicted octanol–water partition coefficient (Wildman–Crippen LogP) is -5.13. The molecule has 0 aliphatic rings. The third kappa shape index (κ3) is 17.3. The van der Waals surface area contributed by atoms with Gasteiger partial charge in [0.25, 0.3) is 0 Å². The van der Waals surface area contributed by atoms with Crippen molar-refractivity contribution in [2.24, 2.45) is 0 Å². The molecule has 0 heterocycles. The van der Waals surface area contributed by atoms with E-state index in [-0.39, 0.29) is 71.8 Å². The fourth-order valence-corrected chi connectivity index (χ4v) is 2.85. The fraction of sp³-hybridized carbons (Fsp3) is 1.00. The van der Waals surface area contributed by atoms with E-state index in [4.69, 9.17) is 19.1 Å². The summed E-state index contributed by atoms with van der Waals surface area (Å²) in [6.07, 6.45) is -0.891. The van der Waals surface area contributed by atoms with Gasteiger partial charge in [-0.05, 0) is 17.2 Å². The fourth-order valence-electron chi connectivity index (χ4n) is 0.841. The Hall–Kier alpha value is 1.28. The standard InChI is InChI=1S/C6H16O8S2Si.Na/c7-6(5-15-16(8,9)10)4-14-2-1-3-17(11,12)13;/h6-7,11-13H,1-5H2,(H,8,9,10);/q;+1/p-1. The average molecular weight is 330 g/mol. The number of aliphatic hydroxyl groups is 1. The molecule has 0 rings (SSSR count). The van der Waals surface area contributed by atoms with Crippen LogP contribution in [0.15, 0.2) is 0 Å². The van der Waals surface area contributed by atoms with Gasteiger partial charge in [-0.1, -0.05) is 0 Å². The second kappa shape index (κ2) is 10.1. The van der Waals surface area contributed by atoms with E-state index in [0.29, 0.717) is 0 Å². The summed E-state index contributed by atoms with van der Waals surface area (Å²) in [7, 11) is -8.37. The SMILES string of the molecule is O=S(=O)([O-])SCC(O)COCCC[Si](O)(O)O.[Na+]. The molecule has 0 aromatic carbocycles. The normalized spacial score (nSPS) is 14.1. The van der Waals surface area contributed by atoms with Gasteiger partial charge in [0.15, 0.2) is 0 Å². The van der Waals surface area contributed by atoms with Crippen LogP contribution >= 0.6 is 10.8 Å². The van der Waals surface area contributed by atoms with Crippen molar-refractivity contribution >= 4 is 28.7 Å². The van der Waals surface area contributed by atoms with Gasteiger partial charge >= 0.3 is 38.4 Å². The van der Waals surface area contributed by atoms with Crippen LogP contribution in [-0.4, -0.2) is 66.3 Å². The van der Waals surface area contributed by atoms with Gasteiger partial charge in [-0.2, -0.15) is 0 Å². The minimum absolute atomic E-state index is 0. The number of aliphatic hydroxyl groups excluding tert-OH is 1. The van der Waals surface area contributed by atoms with Crippen molar-refractivity contribution < 1.29 is 66.8 Å². The van der Waals surface area contributed by atoms with Crippen LogP contribution < -0.4 is 29.6 Å². The number of hydrogen-bond donors (Lipinski definition) is 4. The van der Waals surface area contributed by atoms with E-state index in [0.717, 1.165) is 0 Å². The Morgan fingerprint density at radius 3 is 2.33 bits per heavy atom. The molecule has 1 atom stereocenters. The number of ether oxygens (including phenoxy) is 1. The summed E-state index contributed by atoms with van der Waals surface area (Å²) in [5.41, 5.74) is 0. The average Bonchev–Trinajstić information content (AvgIpc) is 2.11. The van der Waals surface area contributed by atoms with Crippen LogP contribution in [0.2, 0.25) is 6.04 Å². The molecule has 4 N–H and O–H groups in total. The van der Waals surface area contributed by atoms with Crippen LogP contribution in [0.1, 0.15) is 6.42 Å². The molecule has 0 fully saturated rings. The third-order valence-corrected chi connectivity index (χ3v) is 4.62. The summed E-state index contributed by atoms with van der Waals surface area (Å²) in [5, 5.41) is 9.18. The molecule has 0 aromatic rings. The Labute approximate surface area is 132 Å². The molecule has 0 saturated heterocycles. The zero-order valence-electron chi connectivity index (χ0n) is 9.85. The maximum atomic E-state index is 10.2. The molecular weight excluding hydrogens is 315 g/mol. The number of hydrogen-bond acceptors (Lipinski definition) is 9. The van der Waals surface area contributed by atoms with Gasteiger partial charge in [0.05, 0.1) is 12.7 Å². The molecule has 0 saturated carbocycles. The summed E-state index contributed by atoms with van der Waals surface area (Å²) >= 11 is 0. The van der Waals surface area contributed by atoms with Crippen molar-refractivity contribution in [3.63, 3.8) is 0 Å². The van der Waals surface area contributed by atoms with Gasteiger partial charge in [-0.25, -0.2) is 8.42 Å². The van der Waals surface area contributed by atoms with Gasteiger partial charge in [0.2, 0.25) is 0 Å². The molecule has 0 amide bonds. The van der Waals surface area contributed by atoms with Gasteiger partial charge in [0, 0.05) is 18.4 Å². The van der Waals surface area contributed by atoms with Crippen molar-refractivity contribution in [2.45, 2.75) is 18.6 Å². The van der Waals surface area contributed by atoms with Gasteiger partial charge < -0.3 is 28.8 Å². The van der Waals surface area contributed by atoms with E-state index in [2.05, 4.69) is 0 Å². The minimum atomic E-state index is -4.42. The molecule has 0 bridgehead atoms. The smallest absolute Gasteiger partial charge is 0.739 e. The largest absolute Gasteiger partial charge is 1.00 e. The third-order valence-electron chi connectivity index (χ3n) is 1.52. The van der Waals surface area contributed by atoms with Crippen LogP contribution in [-0.2, 0) is 13.9 Å². The van der Waals surface area contributed by atoms with Crippen molar-refractivity contribution in [2.75, 3.05) is 19.0 Å². The molecule has 8 nitrogen and oxygen atoms in total. The zero-order valence-corrected chi connectivity index (χ0v) is 14.5. The van der Waals surface area contributed by atoms with Crippen LogP contribution in [0, 0.1) is 0 Å². The predicted molar refractivity (Wildman–Crippen MR) is 60.8 cm³/mol. The molecule has 18 heavy (non-hydrogen) atoms. The molecule has 0 aromatic heterocycles. The number of rotatable bonds is 9. The van der Waals surface area contributed by atoms with Crippen molar-refractivity contribution in [3.05, 3.63) is 0 Å². The Morgan fingerprint density at radius 1 is 1.33 bits per heavy atom. The van der Waals surface area contributed by atoms with Crippen molar-refractivity contribution in [1.82, 2.24) is 0 Å². The molecule has 104 valence electrons. The van der Waals surface area contributed by atoms with E-state index < -0.39 is 24.1 Å². The van der Waals surface area contributed by atoms with Crippen molar-refractivity contribution in [1.29, 1.82) is 0 Å². The van der Waals surface area contributed by atoms with Gasteiger partial charge in [0.1, 0.15) is 9.15 Å². The van der Waals surface area contributed by atoms with Crippen LogP contribution in [0.3, 0.4) is 0 Å². The Kier molecular flexibility index (Phi) is 12.1. The van der Waals surface area contributed by atoms with Gasteiger partial charge in [-0.3, -0.25) is 0 Å². The van der Waals surface area contributed by atoms with E-state index >= 15 is 0 Å². The molecule has 0 radical (unpaired) electrons. The van der Waals surface area contributed by atoms with E-state index in [1.807, 2.05) is 0 Å². The van der Waals surface area contributed by atoms with E-state index in [9.17, 15) is 18.1 Å². The molecular formula is C6H15NaO8S2Si. The Balaban J connectivity index is 0. The summed E-state index contributed by atoms with van der Waals surface area (Å²) < 4.78 is 35.5. The van der Waals surface area contributed by atoms with Crippen molar-refractivity contribution in [3.8, 4) is 0 Å². The second-order valence-electron chi connectivity index (χ2n) is 3.30. The monoisotopic (exact) mass is 330 g/mol. The van der Waals surface area contributed by atoms with E-state index in [1.54, 1.807) is 0 Å². The Morgan fingerprint density at radius 2 is 1.89 bits per heavy atom. The van der Waals surface area contributed by atoms with E-state index in [1.165, 1.54) is 0 Å². The first-order valence-electron chi connectivity index (χ1n) is 4.63. The van der Waals surface area contributed by atoms with Crippen LogP contribution in [0.25, 0.3) is 0 Å². The summed E-state index contributed by atoms with van der Waals surface area (Å²) in [6.45, 7) is -0.0817. The summed E-state index contributed by atoms with van der Waals surface area (Å²) in [6, 6.07) is -0.174. The van der Waals surface area contributed by atoms with Crippen LogP contribution in [0.4, 0.5) is 0 Å². The first kappa shape index (κ1) is 21.6. The minimum Gasteiger partial charge on any atom is -0.739 e. The molecule has 0 aliphatic carbocycles. The summed E-state index contributed by atoms with van der Waals surface area (Å²) in [5.74, 6) is -0.287. The zero-order chi connectivity index (χ0) is 13.5. The maximum Gasteiger partial charge on any atom is 1.00 e. The van der Waals surface area contributed by atoms with Crippen LogP contribution in [0.5, 0.6) is 0 Å². The first-order chi connectivity index (χ1) is 7.60. The molecule has 0 aliphatic heterocycles. The quantitative estimate of drug-likeness (QED) is 0.141. The first-order valence-corrected chi connectivity index (χ1v) is 9.59. The molecule has 1 unspecified atom stereocenters. The maximum absolute atomic E-state index is 10.2. The topological polar surface area (TPSA) is 147 Å². The van der Waals surface area contributed by atoms with Gasteiger partial charge in [-0.15, -0.1) is 0 Å². The second-order valence-corrected chi connectivity index (χ2v) is 8.67.